The molecule has 8 nitrogen and oxygen atoms in total. The third-order valence-corrected chi connectivity index (χ3v) is 6.90. The van der Waals surface area contributed by atoms with E-state index >= 15 is 0 Å². The summed E-state index contributed by atoms with van der Waals surface area (Å²) >= 11 is 0. The van der Waals surface area contributed by atoms with Gasteiger partial charge in [0.05, 0.1) is 11.2 Å². The number of aromatic nitrogens is 1. The standard InChI is InChI=1S/C19H23FN3O5P/c1-27-29(28-2)22-7-5-21(6-8-22)17-10-16-13(9-15(17)20)18(24)14(19(25)26)11-23(16)12-3-4-12/h9-12H,3-8H2,1-2H3,(H,25,26). The van der Waals surface area contributed by atoms with Gasteiger partial charge in [-0.2, -0.15) is 0 Å². The van der Waals surface area contributed by atoms with E-state index in [1.807, 2.05) is 9.47 Å². The van der Waals surface area contributed by atoms with Crippen molar-refractivity contribution in [2.45, 2.75) is 18.9 Å². The van der Waals surface area contributed by atoms with E-state index in [-0.39, 0.29) is 17.0 Å². The number of carboxylic acid groups (broad SMARTS) is 1. The van der Waals surface area contributed by atoms with E-state index < -0.39 is 25.7 Å². The molecule has 29 heavy (non-hydrogen) atoms. The lowest BCUT2D eigenvalue weighted by Crippen LogP contribution is -2.44. The molecule has 2 fully saturated rings. The minimum absolute atomic E-state index is 0.110. The quantitative estimate of drug-likeness (QED) is 0.716. The summed E-state index contributed by atoms with van der Waals surface area (Å²) in [4.78, 5) is 26.0. The van der Waals surface area contributed by atoms with Gasteiger partial charge in [0.2, 0.25) is 5.43 Å². The molecule has 2 heterocycles. The van der Waals surface area contributed by atoms with Crippen molar-refractivity contribution in [3.8, 4) is 0 Å². The van der Waals surface area contributed by atoms with Gasteiger partial charge in [-0.1, -0.05) is 0 Å². The lowest BCUT2D eigenvalue weighted by atomic mass is 10.1. The van der Waals surface area contributed by atoms with E-state index in [4.69, 9.17) is 9.05 Å². The number of rotatable bonds is 6. The number of halogens is 1. The zero-order chi connectivity index (χ0) is 20.7. The maximum atomic E-state index is 15.0. The summed E-state index contributed by atoms with van der Waals surface area (Å²) in [6.45, 7) is 2.51. The molecule has 1 aliphatic heterocycles. The first-order chi connectivity index (χ1) is 13.9. The van der Waals surface area contributed by atoms with Crippen LogP contribution in [0.3, 0.4) is 0 Å². The van der Waals surface area contributed by atoms with Crippen molar-refractivity contribution in [3.05, 3.63) is 39.9 Å². The molecular weight excluding hydrogens is 400 g/mol. The fraction of sp³-hybridized carbons (Fsp3) is 0.474. The minimum Gasteiger partial charge on any atom is -0.477 e. The molecule has 1 saturated carbocycles. The molecular formula is C19H23FN3O5P. The molecule has 2 aromatic rings. The number of fused-ring (bicyclic) bond motifs is 1. The van der Waals surface area contributed by atoms with Crippen LogP contribution in [-0.2, 0) is 9.05 Å². The summed E-state index contributed by atoms with van der Waals surface area (Å²) in [5, 5.41) is 9.46. The molecule has 1 saturated heterocycles. The second-order valence-corrected chi connectivity index (χ2v) is 8.95. The Labute approximate surface area is 168 Å². The van der Waals surface area contributed by atoms with E-state index in [0.717, 1.165) is 12.8 Å². The van der Waals surface area contributed by atoms with Crippen LogP contribution in [0.15, 0.2) is 23.1 Å². The van der Waals surface area contributed by atoms with E-state index in [1.54, 1.807) is 20.3 Å². The Hall–Kier alpha value is -2.06. The summed E-state index contributed by atoms with van der Waals surface area (Å²) in [5.41, 5.74) is 0.0358. The molecule has 10 heteroatoms. The van der Waals surface area contributed by atoms with Gasteiger partial charge in [-0.15, -0.1) is 0 Å². The van der Waals surface area contributed by atoms with Gasteiger partial charge in [0, 0.05) is 58.0 Å². The highest BCUT2D eigenvalue weighted by molar-refractivity contribution is 7.44. The highest BCUT2D eigenvalue weighted by Gasteiger charge is 2.29. The van der Waals surface area contributed by atoms with Gasteiger partial charge in [-0.25, -0.2) is 13.9 Å². The van der Waals surface area contributed by atoms with Crippen LogP contribution in [0.4, 0.5) is 10.1 Å². The second kappa shape index (κ2) is 7.99. The fourth-order valence-electron chi connectivity index (χ4n) is 3.81. The Morgan fingerprint density at radius 3 is 2.38 bits per heavy atom. The predicted octanol–water partition coefficient (Wildman–Crippen LogP) is 2.82. The molecule has 1 aromatic carbocycles. The van der Waals surface area contributed by atoms with Crippen molar-refractivity contribution in [2.24, 2.45) is 0 Å². The third-order valence-electron chi connectivity index (χ3n) is 5.41. The van der Waals surface area contributed by atoms with Gasteiger partial charge in [0.15, 0.2) is 0 Å². The van der Waals surface area contributed by atoms with Gasteiger partial charge < -0.3 is 23.6 Å². The number of piperazine rings is 1. The number of pyridine rings is 1. The van der Waals surface area contributed by atoms with Crippen molar-refractivity contribution in [1.82, 2.24) is 9.24 Å². The topological polar surface area (TPSA) is 84.2 Å². The number of hydrogen-bond acceptors (Lipinski definition) is 6. The number of carbonyl (C=O) groups is 1. The molecule has 0 spiro atoms. The minimum atomic E-state index is -1.29. The number of nitrogens with zero attached hydrogens (tertiary/aromatic N) is 3. The summed E-state index contributed by atoms with van der Waals surface area (Å²) < 4.78 is 29.5. The molecule has 4 rings (SSSR count). The molecule has 1 N–H and O–H groups in total. The monoisotopic (exact) mass is 423 g/mol. The van der Waals surface area contributed by atoms with Crippen LogP contribution in [0, 0.1) is 5.82 Å². The summed E-state index contributed by atoms with van der Waals surface area (Å²) in [7, 11) is 2.10. The molecule has 2 aliphatic rings. The van der Waals surface area contributed by atoms with Gasteiger partial charge in [-0.3, -0.25) is 4.79 Å². The first-order valence-electron chi connectivity index (χ1n) is 9.44. The summed E-state index contributed by atoms with van der Waals surface area (Å²) in [5.74, 6) is -1.81. The summed E-state index contributed by atoms with van der Waals surface area (Å²) in [6, 6.07) is 3.02. The molecule has 0 atom stereocenters. The predicted molar refractivity (Wildman–Crippen MR) is 108 cm³/mol. The SMILES string of the molecule is COP(OC)N1CCN(c2cc3c(cc2F)c(=O)c(C(=O)O)cn3C2CC2)CC1. The van der Waals surface area contributed by atoms with Crippen molar-refractivity contribution in [1.29, 1.82) is 0 Å². The van der Waals surface area contributed by atoms with Crippen molar-refractivity contribution in [3.63, 3.8) is 0 Å². The molecule has 0 radical (unpaired) electrons. The molecule has 1 aliphatic carbocycles. The normalized spacial score (nSPS) is 18.0. The lowest BCUT2D eigenvalue weighted by Gasteiger charge is -2.37. The van der Waals surface area contributed by atoms with Crippen LogP contribution in [0.2, 0.25) is 0 Å². The Kier molecular flexibility index (Phi) is 5.57. The first kappa shape index (κ1) is 20.2. The van der Waals surface area contributed by atoms with Crippen LogP contribution >= 0.6 is 8.53 Å². The maximum absolute atomic E-state index is 15.0. The number of aromatic carboxylic acids is 1. The molecule has 0 unspecified atom stereocenters. The Bertz CT molecular complexity index is 997. The van der Waals surface area contributed by atoms with Crippen LogP contribution in [0.1, 0.15) is 29.2 Å². The molecule has 0 amide bonds. The average molecular weight is 423 g/mol. The summed E-state index contributed by atoms with van der Waals surface area (Å²) in [6.07, 6.45) is 3.23. The first-order valence-corrected chi connectivity index (χ1v) is 10.6. The molecule has 156 valence electrons. The van der Waals surface area contributed by atoms with Crippen LogP contribution in [0.25, 0.3) is 10.9 Å². The third kappa shape index (κ3) is 3.75. The zero-order valence-corrected chi connectivity index (χ0v) is 17.2. The zero-order valence-electron chi connectivity index (χ0n) is 16.3. The highest BCUT2D eigenvalue weighted by atomic mass is 31.2. The van der Waals surface area contributed by atoms with Crippen LogP contribution in [-0.4, -0.2) is 60.7 Å². The fourth-order valence-corrected chi connectivity index (χ4v) is 4.93. The number of anilines is 1. The average Bonchev–Trinajstić information content (AvgIpc) is 3.55. The van der Waals surface area contributed by atoms with Crippen molar-refractivity contribution in [2.75, 3.05) is 45.3 Å². The van der Waals surface area contributed by atoms with Crippen LogP contribution in [0.5, 0.6) is 0 Å². The van der Waals surface area contributed by atoms with E-state index in [1.165, 1.54) is 12.3 Å². The van der Waals surface area contributed by atoms with Gasteiger partial charge in [0.1, 0.15) is 11.4 Å². The Morgan fingerprint density at radius 2 is 1.83 bits per heavy atom. The van der Waals surface area contributed by atoms with E-state index in [0.29, 0.717) is 37.4 Å². The smallest absolute Gasteiger partial charge is 0.341 e. The van der Waals surface area contributed by atoms with E-state index in [2.05, 4.69) is 4.67 Å². The number of benzene rings is 1. The second-order valence-electron chi connectivity index (χ2n) is 7.18. The van der Waals surface area contributed by atoms with Gasteiger partial charge in [-0.05, 0) is 25.0 Å². The molecule has 1 aromatic heterocycles. The van der Waals surface area contributed by atoms with Gasteiger partial charge in [0.25, 0.3) is 8.53 Å². The van der Waals surface area contributed by atoms with Crippen LogP contribution < -0.4 is 10.3 Å². The van der Waals surface area contributed by atoms with Crippen molar-refractivity contribution >= 4 is 31.1 Å². The number of carboxylic acids is 1. The molecule has 0 bridgehead atoms. The Morgan fingerprint density at radius 1 is 1.17 bits per heavy atom. The highest BCUT2D eigenvalue weighted by Crippen LogP contribution is 2.42. The maximum Gasteiger partial charge on any atom is 0.341 e. The van der Waals surface area contributed by atoms with Gasteiger partial charge >= 0.3 is 5.97 Å². The Balaban J connectivity index is 1.71. The largest absolute Gasteiger partial charge is 0.477 e. The van der Waals surface area contributed by atoms with Crippen molar-refractivity contribution < 1.29 is 23.3 Å². The lowest BCUT2D eigenvalue weighted by molar-refractivity contribution is 0.0695. The number of hydrogen-bond donors (Lipinski definition) is 1. The van der Waals surface area contributed by atoms with E-state index in [9.17, 15) is 19.1 Å².